The van der Waals surface area contributed by atoms with E-state index in [1.54, 1.807) is 5.38 Å². The summed E-state index contributed by atoms with van der Waals surface area (Å²) in [6.45, 7) is 0.752. The van der Waals surface area contributed by atoms with Crippen LogP contribution in [0.3, 0.4) is 0 Å². The van der Waals surface area contributed by atoms with Gasteiger partial charge in [-0.15, -0.1) is 11.3 Å². The molecule has 0 amide bonds. The van der Waals surface area contributed by atoms with E-state index in [9.17, 15) is 4.79 Å². The van der Waals surface area contributed by atoms with E-state index in [1.165, 1.54) is 16.9 Å². The molecule has 0 aliphatic carbocycles. The second-order valence-electron chi connectivity index (χ2n) is 4.02. The Balaban J connectivity index is 1.80. The van der Waals surface area contributed by atoms with Crippen molar-refractivity contribution in [3.05, 3.63) is 45.9 Å². The van der Waals surface area contributed by atoms with Crippen LogP contribution in [-0.2, 0) is 17.6 Å². The van der Waals surface area contributed by atoms with E-state index in [0.29, 0.717) is 5.69 Å². The number of rotatable bonds is 6. The molecule has 0 fully saturated rings. The van der Waals surface area contributed by atoms with Crippen molar-refractivity contribution in [2.24, 2.45) is 0 Å². The minimum absolute atomic E-state index is 0.0324. The number of carboxylic acids is 1. The molecule has 1 aromatic heterocycles. The van der Waals surface area contributed by atoms with Crippen molar-refractivity contribution in [3.63, 3.8) is 0 Å². The van der Waals surface area contributed by atoms with Crippen LogP contribution in [-0.4, -0.2) is 22.6 Å². The van der Waals surface area contributed by atoms with Crippen molar-refractivity contribution in [2.45, 2.75) is 12.8 Å². The van der Waals surface area contributed by atoms with Crippen LogP contribution >= 0.6 is 22.9 Å². The maximum absolute atomic E-state index is 10.5. The number of hydrogen-bond acceptors (Lipinski definition) is 4. The quantitative estimate of drug-likeness (QED) is 0.860. The van der Waals surface area contributed by atoms with Crippen LogP contribution < -0.4 is 5.32 Å². The third-order valence-electron chi connectivity index (χ3n) is 2.49. The molecule has 0 aliphatic rings. The van der Waals surface area contributed by atoms with Gasteiger partial charge >= 0.3 is 5.97 Å². The summed E-state index contributed by atoms with van der Waals surface area (Å²) in [6.07, 6.45) is 0.834. The highest BCUT2D eigenvalue weighted by atomic mass is 35.5. The van der Waals surface area contributed by atoms with Crippen LogP contribution in [0.5, 0.6) is 0 Å². The van der Waals surface area contributed by atoms with Crippen LogP contribution in [0, 0.1) is 0 Å². The Bertz CT molecular complexity index is 554. The van der Waals surface area contributed by atoms with Gasteiger partial charge in [0, 0.05) is 16.9 Å². The highest BCUT2D eigenvalue weighted by Crippen LogP contribution is 2.16. The van der Waals surface area contributed by atoms with Gasteiger partial charge in [-0.3, -0.25) is 4.79 Å². The summed E-state index contributed by atoms with van der Waals surface area (Å²) < 4.78 is 0. The summed E-state index contributed by atoms with van der Waals surface area (Å²) in [7, 11) is 0. The number of aliphatic carboxylic acids is 1. The monoisotopic (exact) mass is 296 g/mol. The lowest BCUT2D eigenvalue weighted by atomic mass is 10.1. The third-order valence-corrected chi connectivity index (χ3v) is 3.59. The van der Waals surface area contributed by atoms with Crippen molar-refractivity contribution in [3.8, 4) is 0 Å². The second kappa shape index (κ2) is 6.54. The fraction of sp³-hybridized carbons (Fsp3) is 0.231. The number of aromatic nitrogens is 1. The average molecular weight is 297 g/mol. The van der Waals surface area contributed by atoms with Gasteiger partial charge in [0.05, 0.1) is 12.1 Å². The number of carboxylic acid groups (broad SMARTS) is 1. The van der Waals surface area contributed by atoms with E-state index in [1.807, 2.05) is 24.3 Å². The van der Waals surface area contributed by atoms with Crippen LogP contribution in [0.2, 0.25) is 5.02 Å². The summed E-state index contributed by atoms with van der Waals surface area (Å²) in [5.41, 5.74) is 1.78. The smallest absolute Gasteiger partial charge is 0.309 e. The summed E-state index contributed by atoms with van der Waals surface area (Å²) >= 11 is 7.24. The molecule has 0 radical (unpaired) electrons. The maximum atomic E-state index is 10.5. The molecule has 19 heavy (non-hydrogen) atoms. The van der Waals surface area contributed by atoms with Crippen LogP contribution in [0.4, 0.5) is 5.13 Å². The van der Waals surface area contributed by atoms with Crippen LogP contribution in [0.1, 0.15) is 11.3 Å². The van der Waals surface area contributed by atoms with Gasteiger partial charge in [-0.05, 0) is 24.1 Å². The lowest BCUT2D eigenvalue weighted by Crippen LogP contribution is -2.05. The van der Waals surface area contributed by atoms with Crippen molar-refractivity contribution >= 4 is 34.0 Å². The minimum Gasteiger partial charge on any atom is -0.481 e. The molecule has 2 aromatic rings. The molecule has 1 heterocycles. The van der Waals surface area contributed by atoms with Gasteiger partial charge in [0.1, 0.15) is 0 Å². The first kappa shape index (κ1) is 13.8. The molecule has 4 nitrogen and oxygen atoms in total. The van der Waals surface area contributed by atoms with Gasteiger partial charge in [-0.1, -0.05) is 23.7 Å². The lowest BCUT2D eigenvalue weighted by Gasteiger charge is -2.03. The highest BCUT2D eigenvalue weighted by molar-refractivity contribution is 7.13. The molecule has 0 bridgehead atoms. The van der Waals surface area contributed by atoms with E-state index in [4.69, 9.17) is 16.7 Å². The molecular formula is C13H13ClN2O2S. The Morgan fingerprint density at radius 3 is 2.79 bits per heavy atom. The van der Waals surface area contributed by atoms with Gasteiger partial charge in [-0.25, -0.2) is 4.98 Å². The number of anilines is 1. The topological polar surface area (TPSA) is 62.2 Å². The van der Waals surface area contributed by atoms with Crippen LogP contribution in [0.25, 0.3) is 0 Å². The standard InChI is InChI=1S/C13H13ClN2O2S/c14-10-3-1-9(2-4-10)5-6-15-13-16-11(8-19-13)7-12(17)18/h1-4,8H,5-7H2,(H,15,16)(H,17,18). The number of hydrogen-bond donors (Lipinski definition) is 2. The molecule has 2 rings (SSSR count). The predicted molar refractivity (Wildman–Crippen MR) is 77.1 cm³/mol. The molecule has 2 N–H and O–H groups in total. The maximum Gasteiger partial charge on any atom is 0.309 e. The minimum atomic E-state index is -0.863. The second-order valence-corrected chi connectivity index (χ2v) is 5.31. The number of nitrogens with one attached hydrogen (secondary N) is 1. The first-order valence-electron chi connectivity index (χ1n) is 5.78. The first-order valence-corrected chi connectivity index (χ1v) is 7.04. The summed E-state index contributed by atoms with van der Waals surface area (Å²) in [5, 5.41) is 15.1. The zero-order chi connectivity index (χ0) is 13.7. The fourth-order valence-electron chi connectivity index (χ4n) is 1.59. The average Bonchev–Trinajstić information content (AvgIpc) is 2.78. The largest absolute Gasteiger partial charge is 0.481 e. The SMILES string of the molecule is O=C(O)Cc1csc(NCCc2ccc(Cl)cc2)n1. The van der Waals surface area contributed by atoms with E-state index >= 15 is 0 Å². The Hall–Kier alpha value is -1.59. The van der Waals surface area contributed by atoms with Crippen molar-refractivity contribution < 1.29 is 9.90 Å². The Kier molecular flexibility index (Phi) is 4.76. The number of nitrogens with zero attached hydrogens (tertiary/aromatic N) is 1. The van der Waals surface area contributed by atoms with Crippen molar-refractivity contribution in [2.75, 3.05) is 11.9 Å². The molecule has 1 aromatic carbocycles. The number of thiazole rings is 1. The lowest BCUT2D eigenvalue weighted by molar-refractivity contribution is -0.136. The fourth-order valence-corrected chi connectivity index (χ4v) is 2.45. The molecule has 0 aliphatic heterocycles. The van der Waals surface area contributed by atoms with E-state index < -0.39 is 5.97 Å². The molecule has 0 unspecified atom stereocenters. The van der Waals surface area contributed by atoms with E-state index in [2.05, 4.69) is 10.3 Å². The van der Waals surface area contributed by atoms with Crippen molar-refractivity contribution in [1.29, 1.82) is 0 Å². The van der Waals surface area contributed by atoms with Gasteiger partial charge in [-0.2, -0.15) is 0 Å². The van der Waals surface area contributed by atoms with Gasteiger partial charge < -0.3 is 10.4 Å². The number of halogens is 1. The Morgan fingerprint density at radius 2 is 2.11 bits per heavy atom. The third kappa shape index (κ3) is 4.54. The Labute approximate surface area is 120 Å². The molecule has 0 saturated carbocycles. The molecule has 0 saturated heterocycles. The van der Waals surface area contributed by atoms with Gasteiger partial charge in [0.25, 0.3) is 0 Å². The summed E-state index contributed by atoms with van der Waals surface area (Å²) in [4.78, 5) is 14.7. The van der Waals surface area contributed by atoms with Gasteiger partial charge in [0.15, 0.2) is 5.13 Å². The Morgan fingerprint density at radius 1 is 1.37 bits per heavy atom. The highest BCUT2D eigenvalue weighted by Gasteiger charge is 2.05. The molecule has 0 atom stereocenters. The normalized spacial score (nSPS) is 10.4. The van der Waals surface area contributed by atoms with Crippen LogP contribution in [0.15, 0.2) is 29.6 Å². The number of carbonyl (C=O) groups is 1. The first-order chi connectivity index (χ1) is 9.13. The van der Waals surface area contributed by atoms with Gasteiger partial charge in [0.2, 0.25) is 0 Å². The molecular weight excluding hydrogens is 284 g/mol. The molecule has 100 valence electrons. The summed E-state index contributed by atoms with van der Waals surface area (Å²) in [6, 6.07) is 7.71. The van der Waals surface area contributed by atoms with Crippen molar-refractivity contribution in [1.82, 2.24) is 4.98 Å². The predicted octanol–water partition coefficient (Wildman–Crippen LogP) is 3.08. The summed E-state index contributed by atoms with van der Waals surface area (Å²) in [5.74, 6) is -0.863. The number of benzene rings is 1. The molecule has 6 heteroatoms. The molecule has 0 spiro atoms. The van der Waals surface area contributed by atoms with E-state index in [0.717, 1.165) is 23.1 Å². The van der Waals surface area contributed by atoms with E-state index in [-0.39, 0.29) is 6.42 Å². The zero-order valence-corrected chi connectivity index (χ0v) is 11.7. The zero-order valence-electron chi connectivity index (χ0n) is 10.1.